The normalized spacial score (nSPS) is 14.8. The number of nitrogens with zero attached hydrogens (tertiary/aromatic N) is 1. The van der Waals surface area contributed by atoms with Gasteiger partial charge in [-0.15, -0.1) is 0 Å². The zero-order valence-electron chi connectivity index (χ0n) is 13.4. The number of rotatable bonds is 11. The summed E-state index contributed by atoms with van der Waals surface area (Å²) in [6.07, 6.45) is -0.247. The van der Waals surface area contributed by atoms with Crippen molar-refractivity contribution in [1.29, 1.82) is 0 Å². The molecule has 0 aliphatic heterocycles. The van der Waals surface area contributed by atoms with Crippen molar-refractivity contribution in [2.45, 2.75) is 31.7 Å². The molecule has 0 unspecified atom stereocenters. The van der Waals surface area contributed by atoms with Crippen LogP contribution in [-0.2, 0) is 25.1 Å². The van der Waals surface area contributed by atoms with Gasteiger partial charge in [0.15, 0.2) is 0 Å². The van der Waals surface area contributed by atoms with Gasteiger partial charge in [-0.1, -0.05) is 35.5 Å². The molecule has 130 valence electrons. The number of hydrogen-bond acceptors (Lipinski definition) is 7. The lowest BCUT2D eigenvalue weighted by Gasteiger charge is -2.16. The van der Waals surface area contributed by atoms with Crippen molar-refractivity contribution in [3.8, 4) is 0 Å². The first-order valence-electron chi connectivity index (χ1n) is 7.25. The largest absolute Gasteiger partial charge is 0.393 e. The van der Waals surface area contributed by atoms with E-state index in [4.69, 9.17) is 13.9 Å². The first-order valence-corrected chi connectivity index (χ1v) is 8.98. The maximum Gasteiger partial charge on any atom is 0.330 e. The molecule has 0 aromatic heterocycles. The van der Waals surface area contributed by atoms with Crippen LogP contribution >= 0.6 is 7.60 Å². The van der Waals surface area contributed by atoms with Gasteiger partial charge in [0.1, 0.15) is 6.61 Å². The van der Waals surface area contributed by atoms with Crippen LogP contribution in [0.3, 0.4) is 0 Å². The fraction of sp³-hybridized carbons (Fsp3) is 0.533. The Morgan fingerprint density at radius 2 is 1.87 bits per heavy atom. The van der Waals surface area contributed by atoms with E-state index in [2.05, 4.69) is 5.16 Å². The van der Waals surface area contributed by atoms with Crippen LogP contribution in [0.2, 0.25) is 0 Å². The molecular weight excluding hydrogens is 321 g/mol. The van der Waals surface area contributed by atoms with Crippen molar-refractivity contribution in [2.24, 2.45) is 5.16 Å². The van der Waals surface area contributed by atoms with Crippen LogP contribution < -0.4 is 0 Å². The molecule has 0 fully saturated rings. The first-order chi connectivity index (χ1) is 11.0. The Labute approximate surface area is 136 Å². The summed E-state index contributed by atoms with van der Waals surface area (Å²) in [4.78, 5) is 5.06. The van der Waals surface area contributed by atoms with Crippen LogP contribution in [-0.4, -0.2) is 49.0 Å². The zero-order chi connectivity index (χ0) is 17.1. The topological polar surface area (TPSA) is 97.6 Å². The van der Waals surface area contributed by atoms with Gasteiger partial charge in [0.25, 0.3) is 0 Å². The first kappa shape index (κ1) is 19.8. The molecule has 0 radical (unpaired) electrons. The molecule has 0 heterocycles. The monoisotopic (exact) mass is 345 g/mol. The Balaban J connectivity index is 2.25. The van der Waals surface area contributed by atoms with E-state index in [-0.39, 0.29) is 19.0 Å². The van der Waals surface area contributed by atoms with Crippen LogP contribution in [0.25, 0.3) is 0 Å². The smallest absolute Gasteiger partial charge is 0.330 e. The van der Waals surface area contributed by atoms with Crippen LogP contribution in [0.15, 0.2) is 35.5 Å². The molecular formula is C15H24NO6P. The maximum atomic E-state index is 11.8. The van der Waals surface area contributed by atoms with E-state index >= 15 is 0 Å². The number of aliphatic hydroxyl groups is 2. The third-order valence-electron chi connectivity index (χ3n) is 3.19. The van der Waals surface area contributed by atoms with Gasteiger partial charge in [-0.25, -0.2) is 0 Å². The zero-order valence-corrected chi connectivity index (χ0v) is 14.3. The average Bonchev–Trinajstić information content (AvgIpc) is 2.57. The molecule has 1 rings (SSSR count). The number of oxime groups is 1. The van der Waals surface area contributed by atoms with Crippen LogP contribution in [0, 0.1) is 0 Å². The van der Waals surface area contributed by atoms with E-state index in [0.29, 0.717) is 6.61 Å². The SMILES string of the molecule is COP(=O)(CC[C@@H](O)C[C@@H](O)/C=N/OCc1ccccc1)OC. The molecule has 2 atom stereocenters. The highest BCUT2D eigenvalue weighted by atomic mass is 31.2. The van der Waals surface area contributed by atoms with Gasteiger partial charge in [0, 0.05) is 20.6 Å². The molecule has 7 nitrogen and oxygen atoms in total. The van der Waals surface area contributed by atoms with Gasteiger partial charge in [-0.05, 0) is 12.0 Å². The molecule has 0 saturated carbocycles. The second-order valence-electron chi connectivity index (χ2n) is 4.96. The molecule has 0 bridgehead atoms. The summed E-state index contributed by atoms with van der Waals surface area (Å²) in [6, 6.07) is 9.50. The summed E-state index contributed by atoms with van der Waals surface area (Å²) >= 11 is 0. The Morgan fingerprint density at radius 3 is 2.48 bits per heavy atom. The predicted octanol–water partition coefficient (Wildman–Crippen LogP) is 2.18. The summed E-state index contributed by atoms with van der Waals surface area (Å²) in [5.41, 5.74) is 0.967. The van der Waals surface area contributed by atoms with Crippen molar-refractivity contribution in [1.82, 2.24) is 0 Å². The maximum absolute atomic E-state index is 11.8. The third kappa shape index (κ3) is 8.25. The van der Waals surface area contributed by atoms with Crippen LogP contribution in [0.1, 0.15) is 18.4 Å². The Hall–Kier alpha value is -1.24. The average molecular weight is 345 g/mol. The lowest BCUT2D eigenvalue weighted by Crippen LogP contribution is -2.20. The molecule has 23 heavy (non-hydrogen) atoms. The summed E-state index contributed by atoms with van der Waals surface area (Å²) in [6.45, 7) is 0.303. The highest BCUT2D eigenvalue weighted by Gasteiger charge is 2.23. The van der Waals surface area contributed by atoms with Gasteiger partial charge in [-0.3, -0.25) is 4.57 Å². The Morgan fingerprint density at radius 1 is 1.22 bits per heavy atom. The van der Waals surface area contributed by atoms with Crippen molar-refractivity contribution < 1.29 is 28.7 Å². The predicted molar refractivity (Wildman–Crippen MR) is 87.5 cm³/mol. The van der Waals surface area contributed by atoms with Crippen LogP contribution in [0.4, 0.5) is 0 Å². The molecule has 0 spiro atoms. The molecule has 0 aliphatic rings. The Kier molecular flexibility index (Phi) is 9.06. The number of aliphatic hydroxyl groups excluding tert-OH is 2. The second kappa shape index (κ2) is 10.5. The van der Waals surface area contributed by atoms with Gasteiger partial charge >= 0.3 is 7.60 Å². The lowest BCUT2D eigenvalue weighted by atomic mass is 10.1. The summed E-state index contributed by atoms with van der Waals surface area (Å²) in [5, 5.41) is 23.2. The molecule has 1 aromatic rings. The van der Waals surface area contributed by atoms with E-state index in [0.717, 1.165) is 5.56 Å². The van der Waals surface area contributed by atoms with Crippen molar-refractivity contribution >= 4 is 13.8 Å². The van der Waals surface area contributed by atoms with E-state index in [1.165, 1.54) is 20.4 Å². The molecule has 0 amide bonds. The van der Waals surface area contributed by atoms with Crippen molar-refractivity contribution in [2.75, 3.05) is 20.4 Å². The summed E-state index contributed by atoms with van der Waals surface area (Å²) in [7, 11) is -0.551. The van der Waals surface area contributed by atoms with E-state index < -0.39 is 19.8 Å². The molecule has 8 heteroatoms. The fourth-order valence-corrected chi connectivity index (χ4v) is 2.95. The van der Waals surface area contributed by atoms with Crippen molar-refractivity contribution in [3.63, 3.8) is 0 Å². The summed E-state index contributed by atoms with van der Waals surface area (Å²) < 4.78 is 21.4. The van der Waals surface area contributed by atoms with Gasteiger partial charge < -0.3 is 24.1 Å². The van der Waals surface area contributed by atoms with E-state index in [9.17, 15) is 14.8 Å². The van der Waals surface area contributed by atoms with E-state index in [1.807, 2.05) is 30.3 Å². The summed E-state index contributed by atoms with van der Waals surface area (Å²) in [5.74, 6) is 0. The number of hydrogen-bond donors (Lipinski definition) is 2. The van der Waals surface area contributed by atoms with Gasteiger partial charge in [0.05, 0.1) is 24.6 Å². The molecule has 1 aromatic carbocycles. The molecule has 0 aliphatic carbocycles. The van der Waals surface area contributed by atoms with E-state index in [1.54, 1.807) is 0 Å². The standard InChI is InChI=1S/C15H24NO6P/c1-20-23(19,21-2)9-8-14(17)10-15(18)11-16-22-12-13-6-4-3-5-7-13/h3-7,11,14-15,17-18H,8-10,12H2,1-2H3/b16-11+/t14-,15-/m1/s1. The minimum absolute atomic E-state index is 0.0611. The molecule has 0 saturated heterocycles. The minimum Gasteiger partial charge on any atom is -0.393 e. The fourth-order valence-electron chi connectivity index (χ4n) is 1.82. The van der Waals surface area contributed by atoms with Gasteiger partial charge in [0.2, 0.25) is 0 Å². The lowest BCUT2D eigenvalue weighted by molar-refractivity contribution is 0.101. The molecule has 2 N–H and O–H groups in total. The third-order valence-corrected chi connectivity index (χ3v) is 5.11. The van der Waals surface area contributed by atoms with Gasteiger partial charge in [-0.2, -0.15) is 0 Å². The van der Waals surface area contributed by atoms with Crippen LogP contribution in [0.5, 0.6) is 0 Å². The second-order valence-corrected chi connectivity index (χ2v) is 7.36. The highest BCUT2D eigenvalue weighted by Crippen LogP contribution is 2.47. The number of benzene rings is 1. The minimum atomic E-state index is -3.14. The quantitative estimate of drug-likeness (QED) is 0.362. The highest BCUT2D eigenvalue weighted by molar-refractivity contribution is 7.53. The Bertz CT molecular complexity index is 502. The van der Waals surface area contributed by atoms with Crippen molar-refractivity contribution in [3.05, 3.63) is 35.9 Å².